The number of hydrogen-bond acceptors (Lipinski definition) is 5. The molecule has 2 amide bonds. The zero-order valence-electron chi connectivity index (χ0n) is 21.7. The molecular formula is C27H37FN6O2. The quantitative estimate of drug-likeness (QED) is 0.206. The van der Waals surface area contributed by atoms with E-state index in [9.17, 15) is 14.0 Å². The van der Waals surface area contributed by atoms with Crippen molar-refractivity contribution in [3.8, 4) is 0 Å². The van der Waals surface area contributed by atoms with Crippen LogP contribution in [0.5, 0.6) is 0 Å². The first-order valence-electron chi connectivity index (χ1n) is 12.2. The number of rotatable bonds is 12. The average Bonchev–Trinajstić information content (AvgIpc) is 3.35. The molecule has 1 aliphatic rings. The number of amides is 2. The van der Waals surface area contributed by atoms with Crippen molar-refractivity contribution in [3.05, 3.63) is 64.7 Å². The fourth-order valence-corrected chi connectivity index (χ4v) is 3.88. The van der Waals surface area contributed by atoms with Gasteiger partial charge in [-0.15, -0.1) is 0 Å². The monoisotopic (exact) mass is 496 g/mol. The molecule has 1 aliphatic heterocycles. The van der Waals surface area contributed by atoms with Crippen LogP contribution in [-0.4, -0.2) is 86.5 Å². The topological polar surface area (TPSA) is 92.5 Å². The van der Waals surface area contributed by atoms with Gasteiger partial charge in [0.05, 0.1) is 11.1 Å². The van der Waals surface area contributed by atoms with Gasteiger partial charge in [0.2, 0.25) is 0 Å². The predicted molar refractivity (Wildman–Crippen MR) is 143 cm³/mol. The molecule has 0 fully saturated rings. The Morgan fingerprint density at radius 2 is 1.92 bits per heavy atom. The maximum Gasteiger partial charge on any atom is 0.256 e. The largest absolute Gasteiger partial charge is 0.361 e. The second kappa shape index (κ2) is 12.6. The molecule has 0 saturated heterocycles. The van der Waals surface area contributed by atoms with Crippen molar-refractivity contribution >= 4 is 29.2 Å². The van der Waals surface area contributed by atoms with Crippen molar-refractivity contribution in [2.75, 3.05) is 59.2 Å². The van der Waals surface area contributed by atoms with E-state index in [0.717, 1.165) is 25.2 Å². The highest BCUT2D eigenvalue weighted by Gasteiger charge is 2.25. The Balaban J connectivity index is 1.47. The molecule has 1 unspecified atom stereocenters. The normalized spacial score (nSPS) is 15.2. The molecule has 3 rings (SSSR count). The number of halogens is 1. The summed E-state index contributed by atoms with van der Waals surface area (Å²) in [6, 6.07) is 4.54. The molecule has 2 heterocycles. The van der Waals surface area contributed by atoms with Crippen molar-refractivity contribution in [1.82, 2.24) is 25.4 Å². The molecule has 1 atom stereocenters. The molecule has 8 nitrogen and oxygen atoms in total. The molecule has 0 aliphatic carbocycles. The highest BCUT2D eigenvalue weighted by molar-refractivity contribution is 6.34. The lowest BCUT2D eigenvalue weighted by Crippen LogP contribution is -2.40. The number of nitrogens with zero attached hydrogens (tertiary/aromatic N) is 2. The summed E-state index contributed by atoms with van der Waals surface area (Å²) in [6.07, 6.45) is 7.63. The van der Waals surface area contributed by atoms with Gasteiger partial charge in [-0.3, -0.25) is 14.5 Å². The number of likely N-dealkylation sites (N-methyl/N-ethyl adjacent to an activating group) is 2. The Labute approximate surface area is 212 Å². The van der Waals surface area contributed by atoms with Crippen LogP contribution in [0.3, 0.4) is 0 Å². The van der Waals surface area contributed by atoms with Crippen LogP contribution in [0, 0.1) is 12.7 Å². The number of nitrogens with one attached hydrogen (secondary N) is 4. The maximum absolute atomic E-state index is 13.7. The van der Waals surface area contributed by atoms with E-state index in [4.69, 9.17) is 0 Å². The first-order valence-corrected chi connectivity index (χ1v) is 12.2. The van der Waals surface area contributed by atoms with E-state index >= 15 is 0 Å². The number of fused-ring (bicyclic) bond motifs is 1. The third-order valence-electron chi connectivity index (χ3n) is 6.29. The van der Waals surface area contributed by atoms with E-state index in [2.05, 4.69) is 56.9 Å². The first-order chi connectivity index (χ1) is 17.2. The van der Waals surface area contributed by atoms with Crippen molar-refractivity contribution < 1.29 is 14.0 Å². The number of aromatic nitrogens is 1. The van der Waals surface area contributed by atoms with Gasteiger partial charge in [-0.05, 0) is 64.8 Å². The molecule has 0 spiro atoms. The zero-order valence-corrected chi connectivity index (χ0v) is 21.7. The highest BCUT2D eigenvalue weighted by Crippen LogP contribution is 2.34. The number of aromatic amines is 1. The summed E-state index contributed by atoms with van der Waals surface area (Å²) < 4.78 is 13.7. The fourth-order valence-electron chi connectivity index (χ4n) is 3.88. The standard InChI is InChI=1S/C27H37FN6O2/c1-18(34(5)13-7-6-12-33(3)4)16-29-10-11-30-26(35)23-17-31-25(19(23)2)15-22-21-14-20(28)8-9-24(21)32-27(22)36/h6-9,14-15,17-18,29,31H,10-13,16H2,1-5H3,(H,30,35)(H,32,36)/b7-6+,22-15-. The predicted octanol–water partition coefficient (Wildman–Crippen LogP) is 2.71. The third-order valence-corrected chi connectivity index (χ3v) is 6.29. The lowest BCUT2D eigenvalue weighted by molar-refractivity contribution is -0.110. The number of anilines is 1. The summed E-state index contributed by atoms with van der Waals surface area (Å²) in [5.74, 6) is -0.897. The lowest BCUT2D eigenvalue weighted by atomic mass is 10.0. The Morgan fingerprint density at radius 3 is 2.67 bits per heavy atom. The second-order valence-corrected chi connectivity index (χ2v) is 9.43. The van der Waals surface area contributed by atoms with Crippen LogP contribution in [-0.2, 0) is 4.79 Å². The summed E-state index contributed by atoms with van der Waals surface area (Å²) in [5, 5.41) is 9.05. The van der Waals surface area contributed by atoms with E-state index in [1.165, 1.54) is 12.1 Å². The van der Waals surface area contributed by atoms with Gasteiger partial charge in [-0.1, -0.05) is 12.2 Å². The van der Waals surface area contributed by atoms with Crippen LogP contribution in [0.4, 0.5) is 10.1 Å². The van der Waals surface area contributed by atoms with Gasteiger partial charge >= 0.3 is 0 Å². The average molecular weight is 497 g/mol. The molecule has 1 aromatic carbocycles. The van der Waals surface area contributed by atoms with Crippen LogP contribution < -0.4 is 16.0 Å². The minimum atomic E-state index is -0.411. The molecule has 0 bridgehead atoms. The van der Waals surface area contributed by atoms with Crippen molar-refractivity contribution in [3.63, 3.8) is 0 Å². The number of benzene rings is 1. The van der Waals surface area contributed by atoms with Gasteiger partial charge in [0.1, 0.15) is 5.82 Å². The SMILES string of the molecule is Cc1c(C(=O)NCCNCC(C)N(C)C/C=C/CN(C)C)c[nH]c1/C=C1\C(=O)Nc2ccc(F)cc21. The fraction of sp³-hybridized carbons (Fsp3) is 0.407. The summed E-state index contributed by atoms with van der Waals surface area (Å²) >= 11 is 0. The number of carbonyl (C=O) groups excluding carboxylic acids is 2. The summed E-state index contributed by atoms with van der Waals surface area (Å²) in [5.41, 5.74) is 3.31. The maximum atomic E-state index is 13.7. The van der Waals surface area contributed by atoms with Gasteiger partial charge in [0, 0.05) is 61.9 Å². The molecule has 0 saturated carbocycles. The van der Waals surface area contributed by atoms with Crippen molar-refractivity contribution in [2.45, 2.75) is 19.9 Å². The van der Waals surface area contributed by atoms with Crippen molar-refractivity contribution in [1.29, 1.82) is 0 Å². The van der Waals surface area contributed by atoms with E-state index < -0.39 is 5.82 Å². The van der Waals surface area contributed by atoms with Gasteiger partial charge in [-0.25, -0.2) is 4.39 Å². The molecule has 9 heteroatoms. The Hall–Kier alpha value is -3.27. The minimum Gasteiger partial charge on any atom is -0.361 e. The Morgan fingerprint density at radius 1 is 1.17 bits per heavy atom. The van der Waals surface area contributed by atoms with Gasteiger partial charge < -0.3 is 25.8 Å². The lowest BCUT2D eigenvalue weighted by Gasteiger charge is -2.23. The van der Waals surface area contributed by atoms with Crippen LogP contribution in [0.1, 0.15) is 34.1 Å². The molecule has 0 radical (unpaired) electrons. The first kappa shape index (κ1) is 27.3. The van der Waals surface area contributed by atoms with E-state index in [1.54, 1.807) is 18.3 Å². The number of H-pyrrole nitrogens is 1. The van der Waals surface area contributed by atoms with Crippen molar-refractivity contribution in [2.24, 2.45) is 0 Å². The van der Waals surface area contributed by atoms with E-state index in [0.29, 0.717) is 47.2 Å². The van der Waals surface area contributed by atoms with Crippen LogP contribution in [0.25, 0.3) is 11.6 Å². The smallest absolute Gasteiger partial charge is 0.256 e. The Bertz CT molecular complexity index is 1140. The molecular weight excluding hydrogens is 459 g/mol. The minimum absolute atomic E-state index is 0.186. The van der Waals surface area contributed by atoms with Crippen LogP contribution in [0.2, 0.25) is 0 Å². The molecule has 1 aromatic heterocycles. The van der Waals surface area contributed by atoms with E-state index in [-0.39, 0.29) is 11.8 Å². The Kier molecular flexibility index (Phi) is 9.58. The van der Waals surface area contributed by atoms with Crippen LogP contribution >= 0.6 is 0 Å². The van der Waals surface area contributed by atoms with Gasteiger partial charge in [0.15, 0.2) is 0 Å². The van der Waals surface area contributed by atoms with Crippen LogP contribution in [0.15, 0.2) is 36.5 Å². The van der Waals surface area contributed by atoms with Gasteiger partial charge in [0.25, 0.3) is 11.8 Å². The second-order valence-electron chi connectivity index (χ2n) is 9.43. The number of carbonyl (C=O) groups is 2. The zero-order chi connectivity index (χ0) is 26.2. The van der Waals surface area contributed by atoms with E-state index in [1.807, 2.05) is 21.0 Å². The van der Waals surface area contributed by atoms with Gasteiger partial charge in [-0.2, -0.15) is 0 Å². The molecule has 4 N–H and O–H groups in total. The summed E-state index contributed by atoms with van der Waals surface area (Å²) in [7, 11) is 6.19. The number of hydrogen-bond donors (Lipinski definition) is 4. The highest BCUT2D eigenvalue weighted by atomic mass is 19.1. The molecule has 36 heavy (non-hydrogen) atoms. The molecule has 2 aromatic rings. The summed E-state index contributed by atoms with van der Waals surface area (Å²) in [6.45, 7) is 7.78. The third kappa shape index (κ3) is 7.13. The summed E-state index contributed by atoms with van der Waals surface area (Å²) in [4.78, 5) is 32.5. The molecule has 194 valence electrons.